The van der Waals surface area contributed by atoms with Gasteiger partial charge in [0, 0.05) is 18.8 Å². The predicted octanol–water partition coefficient (Wildman–Crippen LogP) is 2.11. The quantitative estimate of drug-likeness (QED) is 0.781. The summed E-state index contributed by atoms with van der Waals surface area (Å²) in [6.45, 7) is 2.70. The van der Waals surface area contributed by atoms with Gasteiger partial charge in [-0.25, -0.2) is 8.42 Å². The van der Waals surface area contributed by atoms with Gasteiger partial charge in [0.15, 0.2) is 0 Å². The van der Waals surface area contributed by atoms with E-state index in [-0.39, 0.29) is 11.8 Å². The summed E-state index contributed by atoms with van der Waals surface area (Å²) >= 11 is 0. The second-order valence-corrected chi connectivity index (χ2v) is 6.70. The zero-order chi connectivity index (χ0) is 12.9. The van der Waals surface area contributed by atoms with Gasteiger partial charge in [0.1, 0.15) is 9.84 Å². The van der Waals surface area contributed by atoms with Crippen LogP contribution in [0, 0.1) is 0 Å². The predicted molar refractivity (Wildman–Crippen MR) is 71.8 cm³/mol. The van der Waals surface area contributed by atoms with E-state index in [4.69, 9.17) is 0 Å². The van der Waals surface area contributed by atoms with Gasteiger partial charge in [-0.3, -0.25) is 4.90 Å². The monoisotopic (exact) mass is 255 g/mol. The number of hydrogen-bond acceptors (Lipinski definition) is 3. The van der Waals surface area contributed by atoms with E-state index in [0.717, 1.165) is 6.42 Å². The Hall–Kier alpha value is -0.870. The highest BCUT2D eigenvalue weighted by molar-refractivity contribution is 7.90. The minimum Gasteiger partial charge on any atom is -0.298 e. The van der Waals surface area contributed by atoms with Gasteiger partial charge in [0.25, 0.3) is 0 Å². The van der Waals surface area contributed by atoms with E-state index in [1.165, 1.54) is 11.8 Å². The molecule has 0 heterocycles. The molecule has 0 aromatic heterocycles. The van der Waals surface area contributed by atoms with E-state index in [1.54, 1.807) is 0 Å². The van der Waals surface area contributed by atoms with Crippen LogP contribution in [0.5, 0.6) is 0 Å². The second kappa shape index (κ2) is 6.17. The Bertz CT molecular complexity index is 428. The third-order valence-electron chi connectivity index (χ3n) is 2.92. The number of benzene rings is 1. The molecule has 0 saturated heterocycles. The molecule has 0 amide bonds. The lowest BCUT2D eigenvalue weighted by Gasteiger charge is -2.27. The maximum absolute atomic E-state index is 11.2. The summed E-state index contributed by atoms with van der Waals surface area (Å²) in [5, 5.41) is 0. The maximum atomic E-state index is 11.2. The molecule has 0 bridgehead atoms. The van der Waals surface area contributed by atoms with Crippen molar-refractivity contribution in [3.63, 3.8) is 0 Å². The van der Waals surface area contributed by atoms with Gasteiger partial charge in [-0.1, -0.05) is 37.3 Å². The summed E-state index contributed by atoms with van der Waals surface area (Å²) in [4.78, 5) is 2.11. The summed E-state index contributed by atoms with van der Waals surface area (Å²) in [6.07, 6.45) is 2.26. The molecular weight excluding hydrogens is 234 g/mol. The number of nitrogens with zero attached hydrogens (tertiary/aromatic N) is 1. The molecule has 0 spiro atoms. The fourth-order valence-electron chi connectivity index (χ4n) is 1.94. The van der Waals surface area contributed by atoms with Gasteiger partial charge >= 0.3 is 0 Å². The van der Waals surface area contributed by atoms with Crippen LogP contribution in [0.4, 0.5) is 0 Å². The zero-order valence-corrected chi connectivity index (χ0v) is 11.6. The highest BCUT2D eigenvalue weighted by Crippen LogP contribution is 2.22. The van der Waals surface area contributed by atoms with Crippen LogP contribution in [0.2, 0.25) is 0 Å². The SMILES string of the molecule is CCC(c1ccccc1)N(C)CCS(C)(=O)=O. The van der Waals surface area contributed by atoms with Crippen LogP contribution in [0.3, 0.4) is 0 Å². The number of hydrogen-bond donors (Lipinski definition) is 0. The molecular formula is C13H21NO2S. The van der Waals surface area contributed by atoms with Crippen molar-refractivity contribution in [1.82, 2.24) is 4.90 Å². The van der Waals surface area contributed by atoms with Crippen molar-refractivity contribution < 1.29 is 8.42 Å². The lowest BCUT2D eigenvalue weighted by Crippen LogP contribution is -2.29. The highest BCUT2D eigenvalue weighted by atomic mass is 32.2. The molecule has 1 unspecified atom stereocenters. The van der Waals surface area contributed by atoms with Crippen LogP contribution in [0.25, 0.3) is 0 Å². The van der Waals surface area contributed by atoms with E-state index in [2.05, 4.69) is 24.0 Å². The van der Waals surface area contributed by atoms with Crippen LogP contribution in [0.1, 0.15) is 24.9 Å². The largest absolute Gasteiger partial charge is 0.298 e. The fraction of sp³-hybridized carbons (Fsp3) is 0.538. The third-order valence-corrected chi connectivity index (χ3v) is 3.84. The molecule has 0 aliphatic carbocycles. The molecule has 3 nitrogen and oxygen atoms in total. The van der Waals surface area contributed by atoms with Gasteiger partial charge in [-0.15, -0.1) is 0 Å². The van der Waals surface area contributed by atoms with E-state index < -0.39 is 9.84 Å². The van der Waals surface area contributed by atoms with E-state index in [0.29, 0.717) is 6.54 Å². The van der Waals surface area contributed by atoms with Crippen molar-refractivity contribution in [3.05, 3.63) is 35.9 Å². The number of sulfone groups is 1. The molecule has 96 valence electrons. The second-order valence-electron chi connectivity index (χ2n) is 4.45. The Kier molecular flexibility index (Phi) is 5.15. The molecule has 1 atom stereocenters. The Morgan fingerprint density at radius 3 is 2.29 bits per heavy atom. The minimum absolute atomic E-state index is 0.215. The van der Waals surface area contributed by atoms with Gasteiger partial charge in [0.2, 0.25) is 0 Å². The highest BCUT2D eigenvalue weighted by Gasteiger charge is 2.15. The van der Waals surface area contributed by atoms with Crippen molar-refractivity contribution >= 4 is 9.84 Å². The summed E-state index contributed by atoms with van der Waals surface area (Å²) in [7, 11) is -0.906. The van der Waals surface area contributed by atoms with Crippen LogP contribution >= 0.6 is 0 Å². The standard InChI is InChI=1S/C13H21NO2S/c1-4-13(12-8-6-5-7-9-12)14(2)10-11-17(3,15)16/h5-9,13H,4,10-11H2,1-3H3. The molecule has 1 rings (SSSR count). The summed E-state index contributed by atoms with van der Waals surface area (Å²) in [5.41, 5.74) is 1.24. The minimum atomic E-state index is -2.88. The van der Waals surface area contributed by atoms with Crippen molar-refractivity contribution in [2.24, 2.45) is 0 Å². The molecule has 0 aliphatic heterocycles. The first-order valence-electron chi connectivity index (χ1n) is 5.87. The van der Waals surface area contributed by atoms with Gasteiger partial charge in [0.05, 0.1) is 5.75 Å². The van der Waals surface area contributed by atoms with Crippen LogP contribution in [-0.2, 0) is 9.84 Å². The first-order valence-corrected chi connectivity index (χ1v) is 7.93. The Morgan fingerprint density at radius 1 is 1.24 bits per heavy atom. The van der Waals surface area contributed by atoms with Gasteiger partial charge in [-0.2, -0.15) is 0 Å². The average molecular weight is 255 g/mol. The maximum Gasteiger partial charge on any atom is 0.148 e. The molecule has 0 aliphatic rings. The topological polar surface area (TPSA) is 37.4 Å². The van der Waals surface area contributed by atoms with Crippen molar-refractivity contribution in [1.29, 1.82) is 0 Å². The van der Waals surface area contributed by atoms with Crippen LogP contribution in [-0.4, -0.2) is 38.9 Å². The van der Waals surface area contributed by atoms with Crippen LogP contribution < -0.4 is 0 Å². The third kappa shape index (κ3) is 4.88. The zero-order valence-electron chi connectivity index (χ0n) is 10.8. The molecule has 0 N–H and O–H groups in total. The van der Waals surface area contributed by atoms with Crippen LogP contribution in [0.15, 0.2) is 30.3 Å². The first kappa shape index (κ1) is 14.2. The van der Waals surface area contributed by atoms with E-state index in [9.17, 15) is 8.42 Å². The summed E-state index contributed by atoms with van der Waals surface area (Å²) in [5.74, 6) is 0.215. The Labute approximate surface area is 104 Å². The number of rotatable bonds is 6. The van der Waals surface area contributed by atoms with E-state index in [1.807, 2.05) is 25.2 Å². The molecule has 1 aromatic carbocycles. The molecule has 17 heavy (non-hydrogen) atoms. The molecule has 1 aromatic rings. The fourth-order valence-corrected chi connectivity index (χ4v) is 2.56. The first-order chi connectivity index (χ1) is 7.94. The Balaban J connectivity index is 2.68. The summed E-state index contributed by atoms with van der Waals surface area (Å²) in [6, 6.07) is 10.5. The molecule has 0 saturated carbocycles. The van der Waals surface area contributed by atoms with E-state index >= 15 is 0 Å². The average Bonchev–Trinajstić information content (AvgIpc) is 2.28. The smallest absolute Gasteiger partial charge is 0.148 e. The van der Waals surface area contributed by atoms with Crippen molar-refractivity contribution in [2.75, 3.05) is 25.6 Å². The lowest BCUT2D eigenvalue weighted by molar-refractivity contribution is 0.252. The van der Waals surface area contributed by atoms with Gasteiger partial charge < -0.3 is 0 Å². The van der Waals surface area contributed by atoms with Crippen molar-refractivity contribution in [3.8, 4) is 0 Å². The van der Waals surface area contributed by atoms with Gasteiger partial charge in [-0.05, 0) is 19.0 Å². The molecule has 0 fully saturated rings. The Morgan fingerprint density at radius 2 is 1.82 bits per heavy atom. The van der Waals surface area contributed by atoms with Crippen molar-refractivity contribution in [2.45, 2.75) is 19.4 Å². The normalized spacial score (nSPS) is 13.9. The summed E-state index contributed by atoms with van der Waals surface area (Å²) < 4.78 is 22.3. The lowest BCUT2D eigenvalue weighted by atomic mass is 10.0. The molecule has 4 heteroatoms. The molecule has 0 radical (unpaired) electrons.